The van der Waals surface area contributed by atoms with Gasteiger partial charge in [0.15, 0.2) is 0 Å². The molecule has 2 rings (SSSR count). The Hall–Kier alpha value is -1.49. The minimum Gasteiger partial charge on any atom is -0.495 e. The summed E-state index contributed by atoms with van der Waals surface area (Å²) in [7, 11) is 3.42. The molecule has 1 aliphatic rings. The molecule has 0 unspecified atom stereocenters. The van der Waals surface area contributed by atoms with Crippen molar-refractivity contribution in [3.8, 4) is 5.75 Å². The van der Waals surface area contributed by atoms with Gasteiger partial charge in [0.05, 0.1) is 18.5 Å². The predicted molar refractivity (Wildman–Crippen MR) is 69.6 cm³/mol. The highest BCUT2D eigenvalue weighted by atomic mass is 19.1. The van der Waals surface area contributed by atoms with Crippen molar-refractivity contribution >= 4 is 11.4 Å². The Bertz CT molecular complexity index is 420. The van der Waals surface area contributed by atoms with Crippen molar-refractivity contribution in [3.63, 3.8) is 0 Å². The minimum atomic E-state index is -0.317. The van der Waals surface area contributed by atoms with E-state index in [9.17, 15) is 4.39 Å². The van der Waals surface area contributed by atoms with E-state index in [-0.39, 0.29) is 5.82 Å². The minimum absolute atomic E-state index is 0.293. The fourth-order valence-corrected chi connectivity index (χ4v) is 2.27. The van der Waals surface area contributed by atoms with Gasteiger partial charge in [-0.1, -0.05) is 0 Å². The number of hydrogen-bond acceptors (Lipinski definition) is 4. The van der Waals surface area contributed by atoms with Crippen LogP contribution in [-0.4, -0.2) is 33.4 Å². The highest BCUT2D eigenvalue weighted by Gasteiger charge is 2.22. The van der Waals surface area contributed by atoms with Gasteiger partial charge in [0.1, 0.15) is 11.6 Å². The van der Waals surface area contributed by atoms with Crippen molar-refractivity contribution in [2.45, 2.75) is 18.9 Å². The summed E-state index contributed by atoms with van der Waals surface area (Å²) in [4.78, 5) is 1.94. The van der Waals surface area contributed by atoms with Gasteiger partial charge in [-0.25, -0.2) is 4.39 Å². The van der Waals surface area contributed by atoms with Crippen LogP contribution >= 0.6 is 0 Å². The zero-order valence-electron chi connectivity index (χ0n) is 10.8. The van der Waals surface area contributed by atoms with Crippen molar-refractivity contribution in [3.05, 3.63) is 17.9 Å². The van der Waals surface area contributed by atoms with Crippen LogP contribution in [0.4, 0.5) is 15.8 Å². The molecular formula is C13H19FN2O2. The molecule has 1 fully saturated rings. The molecule has 0 radical (unpaired) electrons. The van der Waals surface area contributed by atoms with Crippen LogP contribution in [0.1, 0.15) is 12.8 Å². The largest absolute Gasteiger partial charge is 0.495 e. The molecule has 0 saturated carbocycles. The molecule has 0 atom stereocenters. The van der Waals surface area contributed by atoms with Crippen LogP contribution in [0.25, 0.3) is 0 Å². The SMILES string of the molecule is COc1cc(N(C)C2CCOCC2)c(F)cc1N. The lowest BCUT2D eigenvalue weighted by atomic mass is 10.1. The van der Waals surface area contributed by atoms with Crippen LogP contribution in [0.5, 0.6) is 5.75 Å². The Labute approximate surface area is 106 Å². The van der Waals surface area contributed by atoms with E-state index in [0.29, 0.717) is 23.2 Å². The van der Waals surface area contributed by atoms with Gasteiger partial charge in [0.2, 0.25) is 0 Å². The Morgan fingerprint density at radius 1 is 1.39 bits per heavy atom. The quantitative estimate of drug-likeness (QED) is 0.838. The summed E-state index contributed by atoms with van der Waals surface area (Å²) in [5.74, 6) is 0.188. The number of nitrogens with zero attached hydrogens (tertiary/aromatic N) is 1. The molecule has 1 saturated heterocycles. The molecule has 0 spiro atoms. The molecule has 0 aromatic heterocycles. The third kappa shape index (κ3) is 2.51. The van der Waals surface area contributed by atoms with E-state index in [2.05, 4.69) is 0 Å². The lowest BCUT2D eigenvalue weighted by Gasteiger charge is -2.33. The Morgan fingerprint density at radius 2 is 2.06 bits per heavy atom. The average molecular weight is 254 g/mol. The molecule has 0 aliphatic carbocycles. The van der Waals surface area contributed by atoms with Crippen LogP contribution in [0, 0.1) is 5.82 Å². The maximum absolute atomic E-state index is 14.0. The third-order valence-electron chi connectivity index (χ3n) is 3.42. The number of methoxy groups -OCH3 is 1. The number of halogens is 1. The van der Waals surface area contributed by atoms with Gasteiger partial charge in [-0.3, -0.25) is 0 Å². The van der Waals surface area contributed by atoms with E-state index in [1.165, 1.54) is 13.2 Å². The Kier molecular flexibility index (Phi) is 3.91. The summed E-state index contributed by atoms with van der Waals surface area (Å²) in [6, 6.07) is 3.26. The third-order valence-corrected chi connectivity index (χ3v) is 3.42. The zero-order valence-corrected chi connectivity index (χ0v) is 10.8. The summed E-state index contributed by atoms with van der Waals surface area (Å²) < 4.78 is 24.4. The Morgan fingerprint density at radius 3 is 2.67 bits per heavy atom. The van der Waals surface area contributed by atoms with E-state index in [1.54, 1.807) is 6.07 Å². The fraction of sp³-hybridized carbons (Fsp3) is 0.538. The topological polar surface area (TPSA) is 47.7 Å². The molecule has 2 N–H and O–H groups in total. The number of nitrogen functional groups attached to an aromatic ring is 1. The summed E-state index contributed by atoms with van der Waals surface area (Å²) in [5.41, 5.74) is 6.52. The van der Waals surface area contributed by atoms with E-state index in [0.717, 1.165) is 26.1 Å². The van der Waals surface area contributed by atoms with Crippen LogP contribution in [0.15, 0.2) is 12.1 Å². The predicted octanol–water partition coefficient (Wildman–Crippen LogP) is 2.03. The van der Waals surface area contributed by atoms with Crippen LogP contribution in [0.2, 0.25) is 0 Å². The molecule has 0 amide bonds. The summed E-state index contributed by atoms with van der Waals surface area (Å²) in [6.07, 6.45) is 1.81. The van der Waals surface area contributed by atoms with Crippen LogP contribution in [0.3, 0.4) is 0 Å². The second kappa shape index (κ2) is 5.44. The maximum atomic E-state index is 14.0. The number of benzene rings is 1. The average Bonchev–Trinajstić information content (AvgIpc) is 2.39. The van der Waals surface area contributed by atoms with Crippen molar-refractivity contribution in [1.82, 2.24) is 0 Å². The van der Waals surface area contributed by atoms with E-state index < -0.39 is 0 Å². The van der Waals surface area contributed by atoms with E-state index in [1.807, 2.05) is 11.9 Å². The molecule has 1 aliphatic heterocycles. The Balaban J connectivity index is 2.25. The highest BCUT2D eigenvalue weighted by Crippen LogP contribution is 2.32. The normalized spacial score (nSPS) is 16.6. The number of rotatable bonds is 3. The van der Waals surface area contributed by atoms with Gasteiger partial charge >= 0.3 is 0 Å². The molecular weight excluding hydrogens is 235 g/mol. The van der Waals surface area contributed by atoms with Gasteiger partial charge in [0.25, 0.3) is 0 Å². The first-order chi connectivity index (χ1) is 8.63. The highest BCUT2D eigenvalue weighted by molar-refractivity contribution is 5.63. The molecule has 1 aromatic carbocycles. The molecule has 4 nitrogen and oxygen atoms in total. The molecule has 1 aromatic rings. The van der Waals surface area contributed by atoms with Crippen LogP contribution < -0.4 is 15.4 Å². The van der Waals surface area contributed by atoms with Crippen molar-refractivity contribution in [2.24, 2.45) is 0 Å². The zero-order chi connectivity index (χ0) is 13.1. The summed E-state index contributed by atoms with van der Waals surface area (Å²) >= 11 is 0. The number of ether oxygens (including phenoxy) is 2. The molecule has 100 valence electrons. The fourth-order valence-electron chi connectivity index (χ4n) is 2.27. The van der Waals surface area contributed by atoms with E-state index in [4.69, 9.17) is 15.2 Å². The number of nitrogens with two attached hydrogens (primary N) is 1. The smallest absolute Gasteiger partial charge is 0.148 e. The second-order valence-electron chi connectivity index (χ2n) is 4.50. The monoisotopic (exact) mass is 254 g/mol. The van der Waals surface area contributed by atoms with Gasteiger partial charge in [-0.2, -0.15) is 0 Å². The van der Waals surface area contributed by atoms with Gasteiger partial charge < -0.3 is 20.1 Å². The van der Waals surface area contributed by atoms with E-state index >= 15 is 0 Å². The number of hydrogen-bond donors (Lipinski definition) is 1. The van der Waals surface area contributed by atoms with Crippen molar-refractivity contribution in [1.29, 1.82) is 0 Å². The van der Waals surface area contributed by atoms with Crippen LogP contribution in [-0.2, 0) is 4.74 Å². The maximum Gasteiger partial charge on any atom is 0.148 e. The van der Waals surface area contributed by atoms with Gasteiger partial charge in [-0.05, 0) is 12.8 Å². The second-order valence-corrected chi connectivity index (χ2v) is 4.50. The first-order valence-electron chi connectivity index (χ1n) is 6.07. The van der Waals surface area contributed by atoms with Crippen molar-refractivity contribution in [2.75, 3.05) is 38.0 Å². The number of anilines is 2. The first kappa shape index (κ1) is 13.0. The summed E-state index contributed by atoms with van der Waals surface area (Å²) in [6.45, 7) is 1.45. The molecule has 5 heteroatoms. The van der Waals surface area contributed by atoms with Gasteiger partial charge in [0, 0.05) is 38.4 Å². The summed E-state index contributed by atoms with van der Waals surface area (Å²) in [5, 5.41) is 0. The standard InChI is InChI=1S/C13H19FN2O2/c1-16(9-3-5-18-6-4-9)12-8-13(17-2)11(15)7-10(12)14/h7-9H,3-6,15H2,1-2H3. The lowest BCUT2D eigenvalue weighted by Crippen LogP contribution is -2.37. The first-order valence-corrected chi connectivity index (χ1v) is 6.07. The molecule has 1 heterocycles. The van der Waals surface area contributed by atoms with Gasteiger partial charge in [-0.15, -0.1) is 0 Å². The van der Waals surface area contributed by atoms with Crippen molar-refractivity contribution < 1.29 is 13.9 Å². The lowest BCUT2D eigenvalue weighted by molar-refractivity contribution is 0.0853. The molecule has 18 heavy (non-hydrogen) atoms. The molecule has 0 bridgehead atoms.